The highest BCUT2D eigenvalue weighted by Gasteiger charge is 2.19. The maximum atomic E-state index is 3.93. The minimum atomic E-state index is 0.512. The maximum absolute atomic E-state index is 3.93. The Morgan fingerprint density at radius 2 is 1.37 bits per heavy atom. The highest BCUT2D eigenvalue weighted by Crippen LogP contribution is 2.37. The van der Waals surface area contributed by atoms with Crippen molar-refractivity contribution in [1.82, 2.24) is 0 Å². The predicted molar refractivity (Wildman–Crippen MR) is 90.1 cm³/mol. The molecule has 0 spiro atoms. The first-order valence-electron chi connectivity index (χ1n) is 7.87. The molecule has 0 saturated carbocycles. The summed E-state index contributed by atoms with van der Waals surface area (Å²) >= 11 is 3.93. The summed E-state index contributed by atoms with van der Waals surface area (Å²) in [4.78, 5) is 0.512. The van der Waals surface area contributed by atoms with E-state index in [1.54, 1.807) is 0 Å². The third-order valence-corrected chi connectivity index (χ3v) is 5.45. The van der Waals surface area contributed by atoms with Crippen LogP contribution in [0.2, 0.25) is 0 Å². The second-order valence-electron chi connectivity index (χ2n) is 5.72. The molecule has 0 saturated heterocycles. The van der Waals surface area contributed by atoms with Crippen LogP contribution >= 0.6 is 15.9 Å². The predicted octanol–water partition coefficient (Wildman–Crippen LogP) is 6.85. The highest BCUT2D eigenvalue weighted by atomic mass is 79.9. The van der Waals surface area contributed by atoms with Crippen LogP contribution in [0.1, 0.15) is 81.7 Å². The molecule has 0 nitrogen and oxygen atoms in total. The standard InChI is InChI=1S/C18H29Br/c1-5-8-16(9-6-2)18(19)17-12-10-15(11-13-17)14(4)7-3/h10-14,16,18H,5-9H2,1-4H3. The lowest BCUT2D eigenvalue weighted by Crippen LogP contribution is -2.07. The summed E-state index contributed by atoms with van der Waals surface area (Å²) in [6.07, 6.45) is 6.40. The monoisotopic (exact) mass is 324 g/mol. The van der Waals surface area contributed by atoms with Gasteiger partial charge in [-0.15, -0.1) is 0 Å². The summed E-state index contributed by atoms with van der Waals surface area (Å²) in [6, 6.07) is 9.26. The van der Waals surface area contributed by atoms with Gasteiger partial charge in [0.05, 0.1) is 0 Å². The SMILES string of the molecule is CCCC(CCC)C(Br)c1ccc(C(C)CC)cc1. The van der Waals surface area contributed by atoms with E-state index >= 15 is 0 Å². The van der Waals surface area contributed by atoms with Gasteiger partial charge in [-0.3, -0.25) is 0 Å². The zero-order valence-electron chi connectivity index (χ0n) is 13.0. The van der Waals surface area contributed by atoms with Gasteiger partial charge in [-0.2, -0.15) is 0 Å². The van der Waals surface area contributed by atoms with Crippen LogP contribution in [0.25, 0.3) is 0 Å². The molecule has 0 fully saturated rings. The van der Waals surface area contributed by atoms with E-state index in [2.05, 4.69) is 67.9 Å². The fourth-order valence-corrected chi connectivity index (χ4v) is 3.53. The zero-order valence-corrected chi connectivity index (χ0v) is 14.5. The van der Waals surface area contributed by atoms with Crippen LogP contribution < -0.4 is 0 Å². The van der Waals surface area contributed by atoms with E-state index in [1.807, 2.05) is 0 Å². The smallest absolute Gasteiger partial charge is 0.0423 e. The first-order valence-corrected chi connectivity index (χ1v) is 8.79. The van der Waals surface area contributed by atoms with Crippen molar-refractivity contribution in [1.29, 1.82) is 0 Å². The molecule has 19 heavy (non-hydrogen) atoms. The molecule has 1 aromatic carbocycles. The van der Waals surface area contributed by atoms with Gasteiger partial charge in [0, 0.05) is 4.83 Å². The lowest BCUT2D eigenvalue weighted by molar-refractivity contribution is 0.435. The van der Waals surface area contributed by atoms with Gasteiger partial charge in [0.15, 0.2) is 0 Å². The molecule has 0 heterocycles. The zero-order chi connectivity index (χ0) is 14.3. The minimum absolute atomic E-state index is 0.512. The van der Waals surface area contributed by atoms with Crippen molar-refractivity contribution in [3.63, 3.8) is 0 Å². The molecule has 0 bridgehead atoms. The van der Waals surface area contributed by atoms with Gasteiger partial charge >= 0.3 is 0 Å². The molecule has 1 rings (SSSR count). The van der Waals surface area contributed by atoms with E-state index in [9.17, 15) is 0 Å². The summed E-state index contributed by atoms with van der Waals surface area (Å²) in [5.74, 6) is 1.44. The molecule has 0 N–H and O–H groups in total. The van der Waals surface area contributed by atoms with Crippen molar-refractivity contribution in [2.45, 2.75) is 70.5 Å². The maximum Gasteiger partial charge on any atom is 0.0423 e. The Morgan fingerprint density at radius 3 is 1.79 bits per heavy atom. The number of rotatable bonds is 8. The summed E-state index contributed by atoms with van der Waals surface area (Å²) in [6.45, 7) is 9.13. The molecule has 2 atom stereocenters. The highest BCUT2D eigenvalue weighted by molar-refractivity contribution is 9.09. The van der Waals surface area contributed by atoms with Gasteiger partial charge in [0.25, 0.3) is 0 Å². The number of benzene rings is 1. The second-order valence-corrected chi connectivity index (χ2v) is 6.70. The van der Waals surface area contributed by atoms with E-state index < -0.39 is 0 Å². The summed E-state index contributed by atoms with van der Waals surface area (Å²) in [5.41, 5.74) is 2.91. The Bertz CT molecular complexity index is 335. The summed E-state index contributed by atoms with van der Waals surface area (Å²) in [5, 5.41) is 0. The molecule has 0 aliphatic carbocycles. The van der Waals surface area contributed by atoms with Crippen molar-refractivity contribution in [3.05, 3.63) is 35.4 Å². The molecule has 0 aliphatic rings. The van der Waals surface area contributed by atoms with Crippen molar-refractivity contribution in [2.75, 3.05) is 0 Å². The van der Waals surface area contributed by atoms with Crippen LogP contribution in [0.3, 0.4) is 0 Å². The summed E-state index contributed by atoms with van der Waals surface area (Å²) in [7, 11) is 0. The van der Waals surface area contributed by atoms with Gasteiger partial charge in [0.1, 0.15) is 0 Å². The topological polar surface area (TPSA) is 0 Å². The van der Waals surface area contributed by atoms with Crippen LogP contribution in [0.4, 0.5) is 0 Å². The Labute approximate surface area is 128 Å². The van der Waals surface area contributed by atoms with E-state index in [-0.39, 0.29) is 0 Å². The van der Waals surface area contributed by atoms with Crippen molar-refractivity contribution in [2.24, 2.45) is 5.92 Å². The molecule has 108 valence electrons. The van der Waals surface area contributed by atoms with Gasteiger partial charge in [0.2, 0.25) is 0 Å². The van der Waals surface area contributed by atoms with Gasteiger partial charge < -0.3 is 0 Å². The minimum Gasteiger partial charge on any atom is -0.0836 e. The first-order chi connectivity index (χ1) is 9.13. The first kappa shape index (κ1) is 16.8. The normalized spacial score (nSPS) is 14.6. The number of hydrogen-bond donors (Lipinski definition) is 0. The van der Waals surface area contributed by atoms with E-state index in [4.69, 9.17) is 0 Å². The van der Waals surface area contributed by atoms with E-state index in [1.165, 1.54) is 43.2 Å². The quantitative estimate of drug-likeness (QED) is 0.458. The Morgan fingerprint density at radius 1 is 0.895 bits per heavy atom. The lowest BCUT2D eigenvalue weighted by atomic mass is 9.89. The average molecular weight is 325 g/mol. The molecule has 0 aliphatic heterocycles. The molecule has 0 amide bonds. The number of halogens is 1. The van der Waals surface area contributed by atoms with Gasteiger partial charge in [-0.25, -0.2) is 0 Å². The Hall–Kier alpha value is -0.300. The van der Waals surface area contributed by atoms with Crippen LogP contribution in [0.15, 0.2) is 24.3 Å². The second kappa shape index (κ2) is 8.79. The van der Waals surface area contributed by atoms with Crippen LogP contribution in [-0.2, 0) is 0 Å². The summed E-state index contributed by atoms with van der Waals surface area (Å²) < 4.78 is 0. The molecule has 1 heteroatoms. The van der Waals surface area contributed by atoms with Crippen LogP contribution in [-0.4, -0.2) is 0 Å². The molecule has 1 aromatic rings. The largest absolute Gasteiger partial charge is 0.0836 e. The lowest BCUT2D eigenvalue weighted by Gasteiger charge is -2.22. The molecular formula is C18H29Br. The Kier molecular flexibility index (Phi) is 7.75. The Balaban J connectivity index is 2.77. The van der Waals surface area contributed by atoms with Crippen LogP contribution in [0, 0.1) is 5.92 Å². The van der Waals surface area contributed by atoms with Crippen molar-refractivity contribution in [3.8, 4) is 0 Å². The van der Waals surface area contributed by atoms with E-state index in [0.717, 1.165) is 5.92 Å². The number of hydrogen-bond acceptors (Lipinski definition) is 0. The fraction of sp³-hybridized carbons (Fsp3) is 0.667. The third-order valence-electron chi connectivity index (χ3n) is 4.17. The average Bonchev–Trinajstić information content (AvgIpc) is 2.45. The third kappa shape index (κ3) is 4.95. The van der Waals surface area contributed by atoms with Crippen molar-refractivity contribution < 1.29 is 0 Å². The molecule has 2 unspecified atom stereocenters. The number of alkyl halides is 1. The van der Waals surface area contributed by atoms with Crippen molar-refractivity contribution >= 4 is 15.9 Å². The van der Waals surface area contributed by atoms with Crippen LogP contribution in [0.5, 0.6) is 0 Å². The molecule has 0 radical (unpaired) electrons. The fourth-order valence-electron chi connectivity index (χ4n) is 2.69. The van der Waals surface area contributed by atoms with Gasteiger partial charge in [-0.1, -0.05) is 80.7 Å². The molecule has 0 aromatic heterocycles. The van der Waals surface area contributed by atoms with E-state index in [0.29, 0.717) is 10.7 Å². The van der Waals surface area contributed by atoms with Gasteiger partial charge in [-0.05, 0) is 42.2 Å². The molecular weight excluding hydrogens is 296 g/mol.